The molecule has 34 heavy (non-hydrogen) atoms. The van der Waals surface area contributed by atoms with Crippen molar-refractivity contribution in [2.24, 2.45) is 0 Å². The molecule has 3 aromatic rings. The van der Waals surface area contributed by atoms with E-state index < -0.39 is 5.54 Å². The number of benzene rings is 2. The predicted molar refractivity (Wildman–Crippen MR) is 130 cm³/mol. The zero-order chi connectivity index (χ0) is 23.9. The van der Waals surface area contributed by atoms with Crippen LogP contribution in [0.3, 0.4) is 0 Å². The Kier molecular flexibility index (Phi) is 6.00. The number of hydrogen-bond acceptors (Lipinski definition) is 4. The van der Waals surface area contributed by atoms with Crippen molar-refractivity contribution in [3.05, 3.63) is 64.8 Å². The molecular weight excluding hydrogens is 454 g/mol. The maximum Gasteiger partial charge on any atom is 0.271 e. The van der Waals surface area contributed by atoms with Crippen LogP contribution in [0.4, 0.5) is 0 Å². The highest BCUT2D eigenvalue weighted by molar-refractivity contribution is 6.30. The quantitative estimate of drug-likeness (QED) is 0.577. The zero-order valence-corrected chi connectivity index (χ0v) is 20.1. The Labute approximate surface area is 203 Å². The molecule has 2 aliphatic heterocycles. The fraction of sp³-hybridized carbons (Fsp3) is 0.385. The van der Waals surface area contributed by atoms with Crippen molar-refractivity contribution in [1.82, 2.24) is 14.8 Å². The molecule has 0 radical (unpaired) electrons. The Hall–Kier alpha value is -3.03. The molecular formula is C26H28ClN3O4. The first kappa shape index (κ1) is 22.7. The highest BCUT2D eigenvalue weighted by Gasteiger charge is 2.47. The number of methoxy groups -OCH3 is 1. The van der Waals surface area contributed by atoms with Gasteiger partial charge in [0.25, 0.3) is 5.91 Å². The van der Waals surface area contributed by atoms with Gasteiger partial charge in [-0.05, 0) is 55.7 Å². The van der Waals surface area contributed by atoms with E-state index >= 15 is 0 Å². The van der Waals surface area contributed by atoms with E-state index in [-0.39, 0.29) is 17.9 Å². The Bertz CT molecular complexity index is 1230. The third-order valence-electron chi connectivity index (χ3n) is 6.89. The minimum Gasteiger partial charge on any atom is -0.497 e. The van der Waals surface area contributed by atoms with Gasteiger partial charge in [-0.3, -0.25) is 9.59 Å². The molecule has 0 bridgehead atoms. The summed E-state index contributed by atoms with van der Waals surface area (Å²) in [6.07, 6.45) is 1.94. The number of amides is 2. The normalized spacial score (nSPS) is 22.1. The smallest absolute Gasteiger partial charge is 0.271 e. The van der Waals surface area contributed by atoms with E-state index in [1.54, 1.807) is 24.1 Å². The Morgan fingerprint density at radius 1 is 1.24 bits per heavy atom. The zero-order valence-electron chi connectivity index (χ0n) is 19.3. The molecule has 2 atom stereocenters. The monoisotopic (exact) mass is 481 g/mol. The summed E-state index contributed by atoms with van der Waals surface area (Å²) in [5, 5.41) is 4.61. The number of rotatable bonds is 6. The lowest BCUT2D eigenvalue weighted by molar-refractivity contribution is -0.133. The van der Waals surface area contributed by atoms with Gasteiger partial charge < -0.3 is 24.3 Å². The van der Waals surface area contributed by atoms with Gasteiger partial charge >= 0.3 is 0 Å². The molecule has 3 heterocycles. The molecule has 0 spiro atoms. The van der Waals surface area contributed by atoms with Gasteiger partial charge in [0.1, 0.15) is 17.0 Å². The first-order valence-electron chi connectivity index (χ1n) is 11.5. The number of hydrogen-bond donors (Lipinski definition) is 1. The van der Waals surface area contributed by atoms with Crippen LogP contribution in [0.2, 0.25) is 5.02 Å². The minimum absolute atomic E-state index is 0.0174. The number of nitrogens with one attached hydrogen (secondary N) is 1. The van der Waals surface area contributed by atoms with E-state index in [4.69, 9.17) is 21.1 Å². The van der Waals surface area contributed by atoms with Crippen molar-refractivity contribution in [2.75, 3.05) is 20.3 Å². The van der Waals surface area contributed by atoms with Crippen molar-refractivity contribution >= 4 is 34.3 Å². The molecule has 1 fully saturated rings. The molecule has 5 rings (SSSR count). The summed E-state index contributed by atoms with van der Waals surface area (Å²) in [6, 6.07) is 15.0. The summed E-state index contributed by atoms with van der Waals surface area (Å²) in [4.78, 5) is 29.2. The average Bonchev–Trinajstić information content (AvgIpc) is 3.49. The number of halogens is 1. The molecule has 0 unspecified atom stereocenters. The molecule has 0 aliphatic carbocycles. The van der Waals surface area contributed by atoms with Gasteiger partial charge in [-0.25, -0.2) is 0 Å². The number of ether oxygens (including phenoxy) is 2. The highest BCUT2D eigenvalue weighted by atomic mass is 35.5. The minimum atomic E-state index is -1.10. The summed E-state index contributed by atoms with van der Waals surface area (Å²) in [5.41, 5.74) is 1.23. The largest absolute Gasteiger partial charge is 0.497 e. The fourth-order valence-corrected chi connectivity index (χ4v) is 5.01. The van der Waals surface area contributed by atoms with E-state index in [1.807, 2.05) is 47.9 Å². The summed E-state index contributed by atoms with van der Waals surface area (Å²) in [7, 11) is 1.61. The van der Waals surface area contributed by atoms with Crippen LogP contribution in [0, 0.1) is 0 Å². The van der Waals surface area contributed by atoms with Crippen LogP contribution in [-0.4, -0.2) is 53.2 Å². The summed E-state index contributed by atoms with van der Waals surface area (Å²) in [5.74, 6) is 0.320. The van der Waals surface area contributed by atoms with E-state index in [9.17, 15) is 9.59 Å². The maximum absolute atomic E-state index is 13.8. The van der Waals surface area contributed by atoms with Crippen LogP contribution < -0.4 is 10.1 Å². The van der Waals surface area contributed by atoms with E-state index in [0.29, 0.717) is 36.1 Å². The van der Waals surface area contributed by atoms with Gasteiger partial charge in [-0.1, -0.05) is 23.7 Å². The lowest BCUT2D eigenvalue weighted by Gasteiger charge is -2.44. The molecule has 1 saturated heterocycles. The standard InChI is InChI=1S/C26H28ClN3O4/c1-26(25(32)28-14-21-4-3-11-34-21)16-29-22-13-20(33-2)10-7-18(22)12-23(29)24(31)30(26)15-17-5-8-19(27)9-6-17/h5-10,12-13,21H,3-4,11,14-16H2,1-2H3,(H,28,32)/t21-,26-/m0/s1. The summed E-state index contributed by atoms with van der Waals surface area (Å²) >= 11 is 6.06. The number of carbonyl (C=O) groups is 2. The fourth-order valence-electron chi connectivity index (χ4n) is 4.88. The molecule has 1 aromatic heterocycles. The van der Waals surface area contributed by atoms with Crippen molar-refractivity contribution in [2.45, 2.75) is 44.5 Å². The third-order valence-corrected chi connectivity index (χ3v) is 7.15. The number of aromatic nitrogens is 1. The van der Waals surface area contributed by atoms with Crippen LogP contribution in [0.15, 0.2) is 48.5 Å². The molecule has 7 nitrogen and oxygen atoms in total. The van der Waals surface area contributed by atoms with Crippen LogP contribution in [-0.2, 0) is 22.6 Å². The highest BCUT2D eigenvalue weighted by Crippen LogP contribution is 2.35. The molecule has 2 aliphatic rings. The number of fused-ring (bicyclic) bond motifs is 3. The van der Waals surface area contributed by atoms with Gasteiger partial charge in [-0.2, -0.15) is 0 Å². The van der Waals surface area contributed by atoms with Gasteiger partial charge in [-0.15, -0.1) is 0 Å². The lowest BCUT2D eigenvalue weighted by Crippen LogP contribution is -2.64. The second-order valence-electron chi connectivity index (χ2n) is 9.18. The topological polar surface area (TPSA) is 72.8 Å². The van der Waals surface area contributed by atoms with Crippen molar-refractivity contribution in [3.8, 4) is 5.75 Å². The lowest BCUT2D eigenvalue weighted by atomic mass is 9.93. The van der Waals surface area contributed by atoms with Crippen LogP contribution in [0.5, 0.6) is 5.75 Å². The van der Waals surface area contributed by atoms with Crippen molar-refractivity contribution in [3.63, 3.8) is 0 Å². The van der Waals surface area contributed by atoms with E-state index in [2.05, 4.69) is 5.32 Å². The van der Waals surface area contributed by atoms with Crippen LogP contribution in [0.1, 0.15) is 35.8 Å². The van der Waals surface area contributed by atoms with Gasteiger partial charge in [0, 0.05) is 36.2 Å². The SMILES string of the molecule is COc1ccc2cc3n(c2c1)C[C@@](C)(C(=O)NC[C@@H]1CCCO1)N(Cc1ccc(Cl)cc1)C3=O. The maximum atomic E-state index is 13.8. The first-order valence-corrected chi connectivity index (χ1v) is 11.9. The average molecular weight is 482 g/mol. The van der Waals surface area contributed by atoms with Gasteiger partial charge in [0.15, 0.2) is 0 Å². The van der Waals surface area contributed by atoms with Crippen molar-refractivity contribution < 1.29 is 19.1 Å². The third kappa shape index (κ3) is 4.03. The molecule has 1 N–H and O–H groups in total. The number of carbonyl (C=O) groups excluding carboxylic acids is 2. The molecule has 8 heteroatoms. The molecule has 0 saturated carbocycles. The Morgan fingerprint density at radius 2 is 2.03 bits per heavy atom. The Morgan fingerprint density at radius 3 is 2.74 bits per heavy atom. The first-order chi connectivity index (χ1) is 16.4. The molecule has 2 aromatic carbocycles. The Balaban J connectivity index is 1.53. The van der Waals surface area contributed by atoms with Gasteiger partial charge in [0.05, 0.1) is 25.3 Å². The summed E-state index contributed by atoms with van der Waals surface area (Å²) in [6.45, 7) is 3.62. The summed E-state index contributed by atoms with van der Waals surface area (Å²) < 4.78 is 13.0. The molecule has 178 valence electrons. The second-order valence-corrected chi connectivity index (χ2v) is 9.61. The predicted octanol–water partition coefficient (Wildman–Crippen LogP) is 4.01. The van der Waals surface area contributed by atoms with E-state index in [1.165, 1.54) is 0 Å². The second kappa shape index (κ2) is 8.96. The van der Waals surface area contributed by atoms with E-state index in [0.717, 1.165) is 35.9 Å². The molecule has 2 amide bonds. The number of nitrogens with zero attached hydrogens (tertiary/aromatic N) is 2. The van der Waals surface area contributed by atoms with Crippen LogP contribution in [0.25, 0.3) is 10.9 Å². The van der Waals surface area contributed by atoms with Crippen LogP contribution >= 0.6 is 11.6 Å². The van der Waals surface area contributed by atoms with Crippen molar-refractivity contribution in [1.29, 1.82) is 0 Å². The van der Waals surface area contributed by atoms with Gasteiger partial charge in [0.2, 0.25) is 5.91 Å².